The van der Waals surface area contributed by atoms with Crippen LogP contribution in [0.25, 0.3) is 22.6 Å². The summed E-state index contributed by atoms with van der Waals surface area (Å²) in [7, 11) is 3.04. The summed E-state index contributed by atoms with van der Waals surface area (Å²) in [6.45, 7) is 0.433. The van der Waals surface area contributed by atoms with E-state index in [1.54, 1.807) is 25.6 Å². The number of benzene rings is 1. The van der Waals surface area contributed by atoms with E-state index in [0.29, 0.717) is 34.9 Å². The number of hydrogen-bond donors (Lipinski definition) is 4. The number of carbonyl (C=O) groups excluding carboxylic acids is 1. The van der Waals surface area contributed by atoms with Crippen LogP contribution < -0.4 is 15.4 Å². The van der Waals surface area contributed by atoms with Crippen molar-refractivity contribution < 1.29 is 24.5 Å². The van der Waals surface area contributed by atoms with Crippen molar-refractivity contribution in [2.24, 2.45) is 0 Å². The van der Waals surface area contributed by atoms with E-state index >= 15 is 0 Å². The number of aromatic nitrogens is 5. The second-order valence-electron chi connectivity index (χ2n) is 8.21. The minimum Gasteiger partial charge on any atom is -0.497 e. The summed E-state index contributed by atoms with van der Waals surface area (Å²) in [5.74, 6) is 1.02. The summed E-state index contributed by atoms with van der Waals surface area (Å²) in [5, 5.41) is 26.8. The molecule has 186 valence electrons. The van der Waals surface area contributed by atoms with Crippen molar-refractivity contribution in [3.05, 3.63) is 60.7 Å². The van der Waals surface area contributed by atoms with Crippen LogP contribution in [0.2, 0.25) is 0 Å². The number of aliphatic hydroxyl groups excluding tert-OH is 2. The maximum atomic E-state index is 12.1. The highest BCUT2D eigenvalue weighted by atomic mass is 16.6. The maximum Gasteiger partial charge on any atom is 0.251 e. The van der Waals surface area contributed by atoms with Gasteiger partial charge in [-0.05, 0) is 29.8 Å². The van der Waals surface area contributed by atoms with E-state index in [4.69, 9.17) is 9.47 Å². The molecule has 0 aliphatic carbocycles. The zero-order valence-corrected chi connectivity index (χ0v) is 19.6. The van der Waals surface area contributed by atoms with Crippen molar-refractivity contribution >= 4 is 22.9 Å². The predicted octanol–water partition coefficient (Wildman–Crippen LogP) is 0.874. The second kappa shape index (κ2) is 9.85. The quantitative estimate of drug-likeness (QED) is 0.292. The highest BCUT2D eigenvalue weighted by molar-refractivity contribution is 5.85. The van der Waals surface area contributed by atoms with E-state index in [0.717, 1.165) is 11.3 Å². The second-order valence-corrected chi connectivity index (χ2v) is 8.21. The maximum absolute atomic E-state index is 12.1. The predicted molar refractivity (Wildman–Crippen MR) is 129 cm³/mol. The van der Waals surface area contributed by atoms with Crippen LogP contribution >= 0.6 is 0 Å². The van der Waals surface area contributed by atoms with Crippen LogP contribution in [0.15, 0.2) is 55.1 Å². The molecule has 3 aromatic heterocycles. The lowest BCUT2D eigenvalue weighted by molar-refractivity contribution is -0.137. The lowest BCUT2D eigenvalue weighted by Crippen LogP contribution is -2.41. The van der Waals surface area contributed by atoms with Crippen LogP contribution in [-0.4, -0.2) is 73.1 Å². The molecule has 1 aliphatic heterocycles. The smallest absolute Gasteiger partial charge is 0.251 e. The number of carbonyl (C=O) groups is 1. The van der Waals surface area contributed by atoms with Crippen molar-refractivity contribution in [1.82, 2.24) is 29.8 Å². The van der Waals surface area contributed by atoms with E-state index in [2.05, 4.69) is 30.6 Å². The van der Waals surface area contributed by atoms with E-state index in [1.807, 2.05) is 30.3 Å². The number of amides is 1. The van der Waals surface area contributed by atoms with E-state index in [9.17, 15) is 15.0 Å². The number of imidazole rings is 1. The number of nitrogens with zero attached hydrogens (tertiary/aromatic N) is 5. The summed E-state index contributed by atoms with van der Waals surface area (Å²) >= 11 is 0. The van der Waals surface area contributed by atoms with Crippen LogP contribution in [0.1, 0.15) is 11.8 Å². The Morgan fingerprint density at radius 1 is 1.19 bits per heavy atom. The molecule has 0 saturated carbocycles. The molecule has 1 saturated heterocycles. The van der Waals surface area contributed by atoms with Gasteiger partial charge in [-0.2, -0.15) is 0 Å². The van der Waals surface area contributed by atoms with E-state index < -0.39 is 30.4 Å². The third-order valence-corrected chi connectivity index (χ3v) is 5.95. The first-order valence-electron chi connectivity index (χ1n) is 11.2. The molecule has 4 N–H and O–H groups in total. The van der Waals surface area contributed by atoms with Crippen molar-refractivity contribution in [3.8, 4) is 17.1 Å². The number of hydrogen-bond acceptors (Lipinski definition) is 10. The van der Waals surface area contributed by atoms with Crippen molar-refractivity contribution in [2.75, 3.05) is 19.5 Å². The van der Waals surface area contributed by atoms with Gasteiger partial charge in [-0.15, -0.1) is 0 Å². The van der Waals surface area contributed by atoms with Crippen molar-refractivity contribution in [1.29, 1.82) is 0 Å². The molecule has 1 aliphatic rings. The monoisotopic (exact) mass is 491 g/mol. The molecule has 4 unspecified atom stereocenters. The Balaban J connectivity index is 1.55. The Kier molecular flexibility index (Phi) is 6.46. The third-order valence-electron chi connectivity index (χ3n) is 5.95. The summed E-state index contributed by atoms with van der Waals surface area (Å²) in [5.41, 5.74) is 2.42. The average molecular weight is 492 g/mol. The van der Waals surface area contributed by atoms with Crippen molar-refractivity contribution in [3.63, 3.8) is 0 Å². The third kappa shape index (κ3) is 4.33. The fourth-order valence-corrected chi connectivity index (χ4v) is 4.07. The number of rotatable bonds is 7. The van der Waals surface area contributed by atoms with Gasteiger partial charge >= 0.3 is 0 Å². The number of aliphatic hydroxyl groups is 2. The van der Waals surface area contributed by atoms with E-state index in [1.165, 1.54) is 17.9 Å². The average Bonchev–Trinajstić information content (AvgIpc) is 3.48. The molecule has 0 bridgehead atoms. The molecule has 1 fully saturated rings. The minimum absolute atomic E-state index is 0.353. The summed E-state index contributed by atoms with van der Waals surface area (Å²) in [4.78, 5) is 30.1. The standard InChI is InChI=1S/C24H25N7O5/c1-25-23(34)19-17(32)18(33)24(36-19)31-12-28-16-21(27-10-13-5-3-7-15(9-13)35-2)29-20(30-22(16)31)14-6-4-8-26-11-14/h3-9,11-12,17-19,24,32-33H,10H2,1-2H3,(H,25,34)(H,27,29,30). The number of anilines is 1. The first-order valence-corrected chi connectivity index (χ1v) is 11.2. The molecular formula is C24H25N7O5. The topological polar surface area (TPSA) is 157 Å². The number of likely N-dealkylation sites (N-methyl/N-ethyl adjacent to an activating group) is 1. The highest BCUT2D eigenvalue weighted by Gasteiger charge is 2.47. The first-order chi connectivity index (χ1) is 17.5. The zero-order chi connectivity index (χ0) is 25.2. The van der Waals surface area contributed by atoms with Gasteiger partial charge in [0.1, 0.15) is 18.0 Å². The molecule has 0 spiro atoms. The van der Waals surface area contributed by atoms with Crippen LogP contribution in [0.3, 0.4) is 0 Å². The number of fused-ring (bicyclic) bond motifs is 1. The Bertz CT molecular complexity index is 1380. The fourth-order valence-electron chi connectivity index (χ4n) is 4.07. The molecule has 5 rings (SSSR count). The van der Waals surface area contributed by atoms with Crippen LogP contribution in [-0.2, 0) is 16.1 Å². The van der Waals surface area contributed by atoms with Gasteiger partial charge in [-0.1, -0.05) is 12.1 Å². The van der Waals surface area contributed by atoms with Gasteiger partial charge in [-0.25, -0.2) is 15.0 Å². The lowest BCUT2D eigenvalue weighted by atomic mass is 10.1. The van der Waals surface area contributed by atoms with Gasteiger partial charge in [-0.3, -0.25) is 14.3 Å². The van der Waals surface area contributed by atoms with Gasteiger partial charge in [0, 0.05) is 31.5 Å². The van der Waals surface area contributed by atoms with Crippen molar-refractivity contribution in [2.45, 2.75) is 31.1 Å². The lowest BCUT2D eigenvalue weighted by Gasteiger charge is -2.17. The molecular weight excluding hydrogens is 466 g/mol. The number of methoxy groups -OCH3 is 1. The molecule has 1 amide bonds. The molecule has 4 aromatic rings. The Hall–Kier alpha value is -4.13. The largest absolute Gasteiger partial charge is 0.497 e. The van der Waals surface area contributed by atoms with Gasteiger partial charge in [0.05, 0.1) is 13.4 Å². The Morgan fingerprint density at radius 3 is 2.81 bits per heavy atom. The fraction of sp³-hybridized carbons (Fsp3) is 0.292. The van der Waals surface area contributed by atoms with Gasteiger partial charge in [0.2, 0.25) is 0 Å². The number of nitrogens with one attached hydrogen (secondary N) is 2. The first kappa shape index (κ1) is 23.6. The number of ether oxygens (including phenoxy) is 2. The van der Waals surface area contributed by atoms with Crippen LogP contribution in [0.4, 0.5) is 5.82 Å². The molecule has 36 heavy (non-hydrogen) atoms. The van der Waals surface area contributed by atoms with Crippen LogP contribution in [0.5, 0.6) is 5.75 Å². The van der Waals surface area contributed by atoms with Gasteiger partial charge in [0.25, 0.3) is 5.91 Å². The molecule has 4 heterocycles. The minimum atomic E-state index is -1.42. The molecule has 12 heteroatoms. The summed E-state index contributed by atoms with van der Waals surface area (Å²) in [6, 6.07) is 11.2. The molecule has 4 atom stereocenters. The SMILES string of the molecule is CNC(=O)C1OC(n2cnc3c(NCc4cccc(OC)c4)nc(-c4cccnc4)nc32)C(O)C1O. The number of pyridine rings is 1. The normalized spacial score (nSPS) is 21.4. The highest BCUT2D eigenvalue weighted by Crippen LogP contribution is 2.33. The van der Waals surface area contributed by atoms with Crippen LogP contribution in [0, 0.1) is 0 Å². The van der Waals surface area contributed by atoms with Gasteiger partial charge in [0.15, 0.2) is 35.1 Å². The summed E-state index contributed by atoms with van der Waals surface area (Å²) < 4.78 is 12.5. The van der Waals surface area contributed by atoms with E-state index in [-0.39, 0.29) is 0 Å². The molecule has 0 radical (unpaired) electrons. The Morgan fingerprint density at radius 2 is 2.06 bits per heavy atom. The molecule has 1 aromatic carbocycles. The summed E-state index contributed by atoms with van der Waals surface area (Å²) in [6.07, 6.45) is -0.395. The molecule has 12 nitrogen and oxygen atoms in total. The van der Waals surface area contributed by atoms with Gasteiger partial charge < -0.3 is 30.3 Å². The Labute approximate surface area is 206 Å². The zero-order valence-electron chi connectivity index (χ0n) is 19.6.